The van der Waals surface area contributed by atoms with Crippen molar-refractivity contribution in [3.05, 3.63) is 35.9 Å². The highest BCUT2D eigenvalue weighted by Gasteiger charge is 2.31. The lowest BCUT2D eigenvalue weighted by Gasteiger charge is -2.28. The number of benzene rings is 1. The van der Waals surface area contributed by atoms with Crippen LogP contribution in [0.15, 0.2) is 30.3 Å². The van der Waals surface area contributed by atoms with Crippen LogP contribution in [0.1, 0.15) is 18.9 Å². The number of carbonyl (C=O) groups excluding carboxylic acids is 2. The molecule has 0 aliphatic heterocycles. The van der Waals surface area contributed by atoms with Gasteiger partial charge >= 0.3 is 6.03 Å². The van der Waals surface area contributed by atoms with Crippen molar-refractivity contribution in [2.75, 3.05) is 7.05 Å². The van der Waals surface area contributed by atoms with Crippen LogP contribution in [-0.2, 0) is 10.3 Å². The number of nitrogens with one attached hydrogen (secondary N) is 2. The van der Waals surface area contributed by atoms with E-state index in [1.807, 2.05) is 37.3 Å². The summed E-state index contributed by atoms with van der Waals surface area (Å²) < 4.78 is 0. The Labute approximate surface area is 95.0 Å². The van der Waals surface area contributed by atoms with Gasteiger partial charge in [0, 0.05) is 7.05 Å². The zero-order valence-corrected chi connectivity index (χ0v) is 9.49. The molecule has 0 unspecified atom stereocenters. The molecule has 1 atom stereocenters. The van der Waals surface area contributed by atoms with Crippen molar-refractivity contribution in [2.45, 2.75) is 18.9 Å². The predicted molar refractivity (Wildman–Crippen MR) is 62.1 cm³/mol. The van der Waals surface area contributed by atoms with Crippen LogP contribution in [0.2, 0.25) is 0 Å². The van der Waals surface area contributed by atoms with Crippen LogP contribution >= 0.6 is 0 Å². The Bertz CT molecular complexity index is 365. The van der Waals surface area contributed by atoms with Gasteiger partial charge in [0.2, 0.25) is 0 Å². The van der Waals surface area contributed by atoms with Crippen molar-refractivity contribution < 1.29 is 9.59 Å². The average molecular weight is 220 g/mol. The highest BCUT2D eigenvalue weighted by Crippen LogP contribution is 2.22. The van der Waals surface area contributed by atoms with Crippen molar-refractivity contribution in [3.63, 3.8) is 0 Å². The molecule has 1 aromatic rings. The number of hydrogen-bond acceptors (Lipinski definition) is 2. The quantitative estimate of drug-likeness (QED) is 0.754. The normalized spacial score (nSPS) is 13.6. The van der Waals surface area contributed by atoms with E-state index in [0.717, 1.165) is 11.8 Å². The van der Waals surface area contributed by atoms with Crippen molar-refractivity contribution in [1.82, 2.24) is 10.6 Å². The van der Waals surface area contributed by atoms with Gasteiger partial charge in [0.1, 0.15) is 11.8 Å². The molecule has 1 aromatic carbocycles. The van der Waals surface area contributed by atoms with E-state index in [4.69, 9.17) is 0 Å². The number of aldehydes is 1. The molecule has 0 heterocycles. The fourth-order valence-electron chi connectivity index (χ4n) is 1.55. The zero-order valence-electron chi connectivity index (χ0n) is 9.49. The highest BCUT2D eigenvalue weighted by atomic mass is 16.2. The Balaban J connectivity index is 3.06. The van der Waals surface area contributed by atoms with Gasteiger partial charge in [-0.3, -0.25) is 0 Å². The standard InChI is InChI=1S/C12H16N2O2/c1-3-12(9-15,14-11(16)13-2)10-7-5-4-6-8-10/h4-9H,3H2,1-2H3,(H2,13,14,16)/t12-/m0/s1. The largest absolute Gasteiger partial charge is 0.341 e. The molecular weight excluding hydrogens is 204 g/mol. The van der Waals surface area contributed by atoms with Gasteiger partial charge in [-0.25, -0.2) is 4.79 Å². The summed E-state index contributed by atoms with van der Waals surface area (Å²) in [4.78, 5) is 22.6. The number of hydrogen-bond donors (Lipinski definition) is 2. The van der Waals surface area contributed by atoms with Crippen LogP contribution in [-0.4, -0.2) is 19.4 Å². The molecule has 0 radical (unpaired) electrons. The smallest absolute Gasteiger partial charge is 0.315 e. The van der Waals surface area contributed by atoms with Gasteiger partial charge < -0.3 is 15.4 Å². The first-order valence-corrected chi connectivity index (χ1v) is 5.20. The van der Waals surface area contributed by atoms with E-state index in [0.29, 0.717) is 6.42 Å². The second-order valence-corrected chi connectivity index (χ2v) is 3.51. The maximum absolute atomic E-state index is 11.3. The number of urea groups is 1. The predicted octanol–water partition coefficient (Wildman–Crippen LogP) is 1.42. The van der Waals surface area contributed by atoms with Crippen molar-refractivity contribution in [3.8, 4) is 0 Å². The second kappa shape index (κ2) is 5.30. The summed E-state index contributed by atoms with van der Waals surface area (Å²) in [7, 11) is 1.52. The molecule has 0 fully saturated rings. The highest BCUT2D eigenvalue weighted by molar-refractivity contribution is 5.81. The Morgan fingerprint density at radius 2 is 2.00 bits per heavy atom. The van der Waals surface area contributed by atoms with E-state index in [-0.39, 0.29) is 6.03 Å². The molecule has 0 saturated heterocycles. The molecular formula is C12H16N2O2. The minimum Gasteiger partial charge on any atom is -0.341 e. The summed E-state index contributed by atoms with van der Waals surface area (Å²) in [6, 6.07) is 8.85. The van der Waals surface area contributed by atoms with Crippen molar-refractivity contribution in [2.24, 2.45) is 0 Å². The molecule has 4 heteroatoms. The molecule has 16 heavy (non-hydrogen) atoms. The van der Waals surface area contributed by atoms with Crippen LogP contribution in [0, 0.1) is 0 Å². The third kappa shape index (κ3) is 2.39. The van der Waals surface area contributed by atoms with Crippen molar-refractivity contribution in [1.29, 1.82) is 0 Å². The Morgan fingerprint density at radius 1 is 1.38 bits per heavy atom. The minimum atomic E-state index is -0.943. The topological polar surface area (TPSA) is 58.2 Å². The van der Waals surface area contributed by atoms with Gasteiger partial charge in [-0.15, -0.1) is 0 Å². The van der Waals surface area contributed by atoms with Gasteiger partial charge in [-0.1, -0.05) is 37.3 Å². The van der Waals surface area contributed by atoms with Crippen LogP contribution in [0.25, 0.3) is 0 Å². The zero-order chi connectivity index (χ0) is 12.0. The van der Waals surface area contributed by atoms with E-state index in [2.05, 4.69) is 10.6 Å². The lowest BCUT2D eigenvalue weighted by atomic mass is 9.89. The average Bonchev–Trinajstić information content (AvgIpc) is 2.37. The molecule has 0 spiro atoms. The summed E-state index contributed by atoms with van der Waals surface area (Å²) in [5, 5.41) is 5.13. The first-order chi connectivity index (χ1) is 7.68. The third-order valence-corrected chi connectivity index (χ3v) is 2.61. The second-order valence-electron chi connectivity index (χ2n) is 3.51. The fraction of sp³-hybridized carbons (Fsp3) is 0.333. The SMILES string of the molecule is CC[C@@](C=O)(NC(=O)NC)c1ccccc1. The van der Waals surface area contributed by atoms with Gasteiger partial charge in [0.25, 0.3) is 0 Å². The molecule has 0 aliphatic carbocycles. The lowest BCUT2D eigenvalue weighted by molar-refractivity contribution is -0.113. The number of carbonyl (C=O) groups is 2. The van der Waals surface area contributed by atoms with E-state index in [1.165, 1.54) is 7.05 Å². The first-order valence-electron chi connectivity index (χ1n) is 5.20. The Hall–Kier alpha value is -1.84. The molecule has 86 valence electrons. The lowest BCUT2D eigenvalue weighted by Crippen LogP contribution is -2.50. The molecule has 0 aliphatic rings. The maximum Gasteiger partial charge on any atom is 0.315 e. The summed E-state index contributed by atoms with van der Waals surface area (Å²) in [5.41, 5.74) is -0.155. The van der Waals surface area contributed by atoms with Gasteiger partial charge in [0.05, 0.1) is 0 Å². The van der Waals surface area contributed by atoms with E-state index in [9.17, 15) is 9.59 Å². The third-order valence-electron chi connectivity index (χ3n) is 2.61. The number of rotatable bonds is 4. The van der Waals surface area contributed by atoms with Crippen LogP contribution in [0.3, 0.4) is 0 Å². The minimum absolute atomic E-state index is 0.363. The monoisotopic (exact) mass is 220 g/mol. The molecule has 0 saturated carbocycles. The van der Waals surface area contributed by atoms with Gasteiger partial charge in [-0.05, 0) is 12.0 Å². The van der Waals surface area contributed by atoms with Crippen LogP contribution in [0.5, 0.6) is 0 Å². The summed E-state index contributed by atoms with van der Waals surface area (Å²) >= 11 is 0. The summed E-state index contributed by atoms with van der Waals surface area (Å²) in [5.74, 6) is 0. The van der Waals surface area contributed by atoms with E-state index in [1.54, 1.807) is 0 Å². The molecule has 0 aromatic heterocycles. The van der Waals surface area contributed by atoms with Gasteiger partial charge in [0.15, 0.2) is 0 Å². The molecule has 2 amide bonds. The molecule has 0 bridgehead atoms. The summed E-state index contributed by atoms with van der Waals surface area (Å²) in [6.45, 7) is 1.86. The van der Waals surface area contributed by atoms with Gasteiger partial charge in [-0.2, -0.15) is 0 Å². The number of amides is 2. The maximum atomic E-state index is 11.3. The van der Waals surface area contributed by atoms with Crippen LogP contribution < -0.4 is 10.6 Å². The fourth-order valence-corrected chi connectivity index (χ4v) is 1.55. The molecule has 2 N–H and O–H groups in total. The Kier molecular flexibility index (Phi) is 4.05. The molecule has 1 rings (SSSR count). The van der Waals surface area contributed by atoms with Crippen molar-refractivity contribution >= 4 is 12.3 Å². The Morgan fingerprint density at radius 3 is 2.44 bits per heavy atom. The van der Waals surface area contributed by atoms with Crippen LogP contribution in [0.4, 0.5) is 4.79 Å². The van der Waals surface area contributed by atoms with E-state index >= 15 is 0 Å². The first kappa shape index (κ1) is 12.2. The van der Waals surface area contributed by atoms with E-state index < -0.39 is 5.54 Å². The molecule has 4 nitrogen and oxygen atoms in total. The summed E-state index contributed by atoms with van der Waals surface area (Å²) in [6.07, 6.45) is 1.28.